The zero-order valence-electron chi connectivity index (χ0n) is 10.4. The van der Waals surface area contributed by atoms with Crippen LogP contribution in [0.25, 0.3) is 11.5 Å². The number of rotatable bonds is 6. The second kappa shape index (κ2) is 6.05. The summed E-state index contributed by atoms with van der Waals surface area (Å²) in [7, 11) is 0. The number of nitrogens with two attached hydrogens (primary N) is 1. The van der Waals surface area contributed by atoms with Gasteiger partial charge in [-0.3, -0.25) is 0 Å². The number of aromatic nitrogens is 2. The maximum atomic E-state index is 5.61. The van der Waals surface area contributed by atoms with Crippen LogP contribution in [0, 0.1) is 0 Å². The second-order valence-corrected chi connectivity index (χ2v) is 4.03. The Morgan fingerprint density at radius 3 is 2.56 bits per heavy atom. The normalized spacial score (nSPS) is 10.5. The van der Waals surface area contributed by atoms with E-state index in [1.807, 2.05) is 24.3 Å². The summed E-state index contributed by atoms with van der Waals surface area (Å²) in [5, 5.41) is 7.44. The summed E-state index contributed by atoms with van der Waals surface area (Å²) in [5.41, 5.74) is 6.21. The number of hydrogen-bond donors (Lipinski definition) is 1. The van der Waals surface area contributed by atoms with Crippen LogP contribution in [0.3, 0.4) is 0 Å². The quantitative estimate of drug-likeness (QED) is 0.794. The number of ether oxygens (including phenoxy) is 1. The third-order valence-electron chi connectivity index (χ3n) is 2.56. The van der Waals surface area contributed by atoms with Crippen LogP contribution in [0.4, 0.5) is 6.01 Å². The molecule has 0 saturated heterocycles. The van der Waals surface area contributed by atoms with Gasteiger partial charge in [-0.1, -0.05) is 24.9 Å². The third-order valence-corrected chi connectivity index (χ3v) is 2.56. The Morgan fingerprint density at radius 2 is 1.94 bits per heavy atom. The maximum Gasteiger partial charge on any atom is 0.313 e. The van der Waals surface area contributed by atoms with Crippen molar-refractivity contribution >= 4 is 6.01 Å². The highest BCUT2D eigenvalue weighted by molar-refractivity contribution is 5.54. The van der Waals surface area contributed by atoms with Gasteiger partial charge in [0.05, 0.1) is 6.61 Å². The Hall–Kier alpha value is -2.04. The first kappa shape index (κ1) is 12.4. The minimum atomic E-state index is 0.0740. The number of hydrogen-bond acceptors (Lipinski definition) is 5. The predicted octanol–water partition coefficient (Wildman–Crippen LogP) is 2.89. The largest absolute Gasteiger partial charge is 0.494 e. The van der Waals surface area contributed by atoms with Gasteiger partial charge in [0.2, 0.25) is 5.89 Å². The zero-order chi connectivity index (χ0) is 12.8. The van der Waals surface area contributed by atoms with Crippen molar-refractivity contribution in [1.82, 2.24) is 10.2 Å². The Bertz CT molecular complexity index is 479. The van der Waals surface area contributed by atoms with Gasteiger partial charge in [-0.2, -0.15) is 0 Å². The lowest BCUT2D eigenvalue weighted by atomic mass is 10.2. The van der Waals surface area contributed by atoms with Crippen LogP contribution in [-0.2, 0) is 0 Å². The second-order valence-electron chi connectivity index (χ2n) is 4.03. The van der Waals surface area contributed by atoms with Gasteiger partial charge in [0.15, 0.2) is 0 Å². The van der Waals surface area contributed by atoms with Crippen molar-refractivity contribution < 1.29 is 9.15 Å². The van der Waals surface area contributed by atoms with Crippen molar-refractivity contribution in [1.29, 1.82) is 0 Å². The van der Waals surface area contributed by atoms with Gasteiger partial charge in [-0.25, -0.2) is 0 Å². The first-order valence-electron chi connectivity index (χ1n) is 6.12. The minimum Gasteiger partial charge on any atom is -0.494 e. The van der Waals surface area contributed by atoms with Gasteiger partial charge in [0.25, 0.3) is 0 Å². The molecule has 0 bridgehead atoms. The van der Waals surface area contributed by atoms with Crippen LogP contribution < -0.4 is 10.5 Å². The fourth-order valence-electron chi connectivity index (χ4n) is 1.59. The third kappa shape index (κ3) is 3.23. The highest BCUT2D eigenvalue weighted by Crippen LogP contribution is 2.21. The van der Waals surface area contributed by atoms with Crippen molar-refractivity contribution in [3.8, 4) is 17.2 Å². The van der Waals surface area contributed by atoms with Crippen molar-refractivity contribution in [2.45, 2.75) is 26.2 Å². The van der Waals surface area contributed by atoms with E-state index in [4.69, 9.17) is 14.9 Å². The SMILES string of the molecule is CCCCCOc1ccc(-c2nnc(N)o2)cc1. The zero-order valence-corrected chi connectivity index (χ0v) is 10.4. The minimum absolute atomic E-state index is 0.0740. The molecule has 1 aromatic heterocycles. The summed E-state index contributed by atoms with van der Waals surface area (Å²) in [5.74, 6) is 1.27. The van der Waals surface area contributed by atoms with E-state index in [1.54, 1.807) is 0 Å². The van der Waals surface area contributed by atoms with Gasteiger partial charge in [-0.05, 0) is 30.7 Å². The van der Waals surface area contributed by atoms with Crippen LogP contribution in [0.15, 0.2) is 28.7 Å². The lowest BCUT2D eigenvalue weighted by molar-refractivity contribution is 0.306. The van der Waals surface area contributed by atoms with E-state index in [0.29, 0.717) is 5.89 Å². The van der Waals surface area contributed by atoms with Crippen molar-refractivity contribution in [2.24, 2.45) is 0 Å². The molecule has 0 aliphatic carbocycles. The molecular weight excluding hydrogens is 230 g/mol. The molecule has 18 heavy (non-hydrogen) atoms. The summed E-state index contributed by atoms with van der Waals surface area (Å²) in [6, 6.07) is 7.61. The van der Waals surface area contributed by atoms with E-state index in [9.17, 15) is 0 Å². The number of nitrogen functional groups attached to an aromatic ring is 1. The fourth-order valence-corrected chi connectivity index (χ4v) is 1.59. The molecule has 0 spiro atoms. The van der Waals surface area contributed by atoms with E-state index in [2.05, 4.69) is 17.1 Å². The van der Waals surface area contributed by atoms with Crippen LogP contribution >= 0.6 is 0 Å². The molecule has 1 aromatic carbocycles. The van der Waals surface area contributed by atoms with E-state index in [0.717, 1.165) is 24.3 Å². The molecule has 2 rings (SSSR count). The summed E-state index contributed by atoms with van der Waals surface area (Å²) < 4.78 is 10.8. The summed E-state index contributed by atoms with van der Waals surface area (Å²) in [6.45, 7) is 2.92. The average molecular weight is 247 g/mol. The smallest absolute Gasteiger partial charge is 0.313 e. The van der Waals surface area contributed by atoms with Crippen LogP contribution in [0.2, 0.25) is 0 Å². The molecule has 0 aliphatic heterocycles. The number of anilines is 1. The summed E-state index contributed by atoms with van der Waals surface area (Å²) in [6.07, 6.45) is 3.47. The van der Waals surface area contributed by atoms with Crippen LogP contribution in [0.5, 0.6) is 5.75 Å². The van der Waals surface area contributed by atoms with Crippen LogP contribution in [0.1, 0.15) is 26.2 Å². The first-order valence-corrected chi connectivity index (χ1v) is 6.12. The molecule has 5 nitrogen and oxygen atoms in total. The van der Waals surface area contributed by atoms with E-state index >= 15 is 0 Å². The number of unbranched alkanes of at least 4 members (excludes halogenated alkanes) is 2. The molecule has 96 valence electrons. The van der Waals surface area contributed by atoms with E-state index in [1.165, 1.54) is 12.8 Å². The Labute approximate surface area is 106 Å². The highest BCUT2D eigenvalue weighted by Gasteiger charge is 2.05. The molecule has 0 atom stereocenters. The molecule has 0 aliphatic rings. The lowest BCUT2D eigenvalue weighted by Gasteiger charge is -2.05. The van der Waals surface area contributed by atoms with Gasteiger partial charge in [-0.15, -0.1) is 5.10 Å². The summed E-state index contributed by atoms with van der Waals surface area (Å²) >= 11 is 0. The monoisotopic (exact) mass is 247 g/mol. The van der Waals surface area contributed by atoms with E-state index in [-0.39, 0.29) is 6.01 Å². The first-order chi connectivity index (χ1) is 8.79. The Kier molecular flexibility index (Phi) is 4.17. The Morgan fingerprint density at radius 1 is 1.17 bits per heavy atom. The van der Waals surface area contributed by atoms with Crippen molar-refractivity contribution in [3.63, 3.8) is 0 Å². The molecule has 1 heterocycles. The van der Waals surface area contributed by atoms with Gasteiger partial charge in [0.1, 0.15) is 5.75 Å². The molecular formula is C13H17N3O2. The topological polar surface area (TPSA) is 74.2 Å². The van der Waals surface area contributed by atoms with Gasteiger partial charge < -0.3 is 14.9 Å². The molecule has 0 unspecified atom stereocenters. The average Bonchev–Trinajstić information content (AvgIpc) is 2.82. The maximum absolute atomic E-state index is 5.61. The number of nitrogens with zero attached hydrogens (tertiary/aromatic N) is 2. The van der Waals surface area contributed by atoms with E-state index < -0.39 is 0 Å². The molecule has 5 heteroatoms. The molecule has 2 N–H and O–H groups in total. The lowest BCUT2D eigenvalue weighted by Crippen LogP contribution is -1.96. The summed E-state index contributed by atoms with van der Waals surface area (Å²) in [4.78, 5) is 0. The van der Waals surface area contributed by atoms with Gasteiger partial charge >= 0.3 is 6.01 Å². The predicted molar refractivity (Wildman–Crippen MR) is 69.2 cm³/mol. The standard InChI is InChI=1S/C13H17N3O2/c1-2-3-4-9-17-11-7-5-10(6-8-11)12-15-16-13(14)18-12/h5-8H,2-4,9H2,1H3,(H2,14,16). The molecule has 0 fully saturated rings. The van der Waals surface area contributed by atoms with Crippen LogP contribution in [-0.4, -0.2) is 16.8 Å². The van der Waals surface area contributed by atoms with Crippen molar-refractivity contribution in [2.75, 3.05) is 12.3 Å². The molecule has 0 amide bonds. The Balaban J connectivity index is 1.93. The highest BCUT2D eigenvalue weighted by atomic mass is 16.5. The fraction of sp³-hybridized carbons (Fsp3) is 0.385. The van der Waals surface area contributed by atoms with Crippen molar-refractivity contribution in [3.05, 3.63) is 24.3 Å². The molecule has 0 radical (unpaired) electrons. The molecule has 0 saturated carbocycles. The van der Waals surface area contributed by atoms with Gasteiger partial charge in [0, 0.05) is 5.56 Å². The number of benzene rings is 1. The molecule has 2 aromatic rings.